The van der Waals surface area contributed by atoms with Crippen LogP contribution >= 0.6 is 39.1 Å². The van der Waals surface area contributed by atoms with Gasteiger partial charge in [-0.3, -0.25) is 0 Å². The molecule has 0 aromatic heterocycles. The highest BCUT2D eigenvalue weighted by atomic mass is 79.9. The molecule has 0 saturated carbocycles. The van der Waals surface area contributed by atoms with Crippen molar-refractivity contribution >= 4 is 39.1 Å². The van der Waals surface area contributed by atoms with Crippen LogP contribution in [0.15, 0.2) is 40.9 Å². The van der Waals surface area contributed by atoms with Crippen LogP contribution in [0.2, 0.25) is 10.0 Å². The average molecular weight is 373 g/mol. The summed E-state index contributed by atoms with van der Waals surface area (Å²) in [5, 5.41) is 4.99. The summed E-state index contributed by atoms with van der Waals surface area (Å²) in [6.45, 7) is 4.92. The lowest BCUT2D eigenvalue weighted by molar-refractivity contribution is 0.630. The first-order valence-corrected chi connectivity index (χ1v) is 8.02. The van der Waals surface area contributed by atoms with Gasteiger partial charge in [-0.25, -0.2) is 0 Å². The second kappa shape index (κ2) is 6.95. The molecule has 2 aromatic rings. The van der Waals surface area contributed by atoms with Crippen molar-refractivity contribution in [2.24, 2.45) is 0 Å². The molecule has 1 atom stereocenters. The minimum Gasteiger partial charge on any atom is -0.306 e. The Hall–Kier alpha value is -0.540. The van der Waals surface area contributed by atoms with Crippen LogP contribution in [0.3, 0.4) is 0 Å². The largest absolute Gasteiger partial charge is 0.306 e. The summed E-state index contributed by atoms with van der Waals surface area (Å²) >= 11 is 16.1. The Labute approximate surface area is 138 Å². The van der Waals surface area contributed by atoms with Crippen molar-refractivity contribution in [1.29, 1.82) is 0 Å². The number of halogens is 3. The maximum atomic E-state index is 6.35. The van der Waals surface area contributed by atoms with Crippen molar-refractivity contribution in [3.8, 4) is 0 Å². The molecule has 0 amide bonds. The molecule has 0 spiro atoms. The fourth-order valence-electron chi connectivity index (χ4n) is 2.14. The first kappa shape index (κ1) is 15.8. The second-order valence-electron chi connectivity index (χ2n) is 4.67. The molecule has 0 fully saturated rings. The predicted molar refractivity (Wildman–Crippen MR) is 90.9 cm³/mol. The third-order valence-corrected chi connectivity index (χ3v) is 4.45. The monoisotopic (exact) mass is 371 g/mol. The Bertz CT molecular complexity index is 613. The van der Waals surface area contributed by atoms with Gasteiger partial charge >= 0.3 is 0 Å². The number of rotatable bonds is 4. The fourth-order valence-corrected chi connectivity index (χ4v) is 2.93. The Morgan fingerprint density at radius 3 is 2.50 bits per heavy atom. The maximum Gasteiger partial charge on any atom is 0.0592 e. The van der Waals surface area contributed by atoms with Gasteiger partial charge in [-0.15, -0.1) is 0 Å². The first-order valence-electron chi connectivity index (χ1n) is 6.47. The topological polar surface area (TPSA) is 12.0 Å². The summed E-state index contributed by atoms with van der Waals surface area (Å²) in [5.74, 6) is 0. The summed E-state index contributed by atoms with van der Waals surface area (Å²) < 4.78 is 1.01. The minimum absolute atomic E-state index is 0.0306. The molecular weight excluding hydrogens is 357 g/mol. The zero-order chi connectivity index (χ0) is 14.7. The van der Waals surface area contributed by atoms with Gasteiger partial charge in [0.25, 0.3) is 0 Å². The molecule has 1 N–H and O–H groups in total. The molecule has 2 rings (SSSR count). The number of benzene rings is 2. The van der Waals surface area contributed by atoms with Crippen LogP contribution < -0.4 is 5.32 Å². The Kier molecular flexibility index (Phi) is 5.50. The average Bonchev–Trinajstić information content (AvgIpc) is 2.42. The van der Waals surface area contributed by atoms with Crippen LogP contribution in [0.4, 0.5) is 0 Å². The molecular formula is C16H16BrCl2N. The van der Waals surface area contributed by atoms with Crippen molar-refractivity contribution in [3.63, 3.8) is 0 Å². The van der Waals surface area contributed by atoms with E-state index in [0.717, 1.165) is 37.8 Å². The van der Waals surface area contributed by atoms with Gasteiger partial charge in [0.2, 0.25) is 0 Å². The van der Waals surface area contributed by atoms with Crippen LogP contribution in [0, 0.1) is 6.92 Å². The highest BCUT2D eigenvalue weighted by molar-refractivity contribution is 9.10. The third kappa shape index (κ3) is 3.56. The van der Waals surface area contributed by atoms with Crippen molar-refractivity contribution in [2.45, 2.75) is 19.9 Å². The molecule has 2 aromatic carbocycles. The number of hydrogen-bond acceptors (Lipinski definition) is 1. The molecule has 4 heteroatoms. The zero-order valence-electron chi connectivity index (χ0n) is 11.4. The van der Waals surface area contributed by atoms with Gasteiger partial charge in [-0.1, -0.05) is 58.2 Å². The van der Waals surface area contributed by atoms with E-state index >= 15 is 0 Å². The van der Waals surface area contributed by atoms with Crippen LogP contribution in [0.25, 0.3) is 0 Å². The highest BCUT2D eigenvalue weighted by Crippen LogP contribution is 2.32. The van der Waals surface area contributed by atoms with Gasteiger partial charge in [0.05, 0.1) is 6.04 Å². The van der Waals surface area contributed by atoms with Crippen LogP contribution in [0.1, 0.15) is 29.7 Å². The van der Waals surface area contributed by atoms with Crippen molar-refractivity contribution < 1.29 is 0 Å². The Morgan fingerprint density at radius 1 is 1.10 bits per heavy atom. The SMILES string of the molecule is CCNC(c1ccc(C)c(Cl)c1)c1cc(Br)ccc1Cl. The van der Waals surface area contributed by atoms with E-state index in [2.05, 4.69) is 34.2 Å². The Morgan fingerprint density at radius 2 is 1.85 bits per heavy atom. The number of nitrogens with one attached hydrogen (secondary N) is 1. The van der Waals surface area contributed by atoms with E-state index in [1.807, 2.05) is 37.3 Å². The second-order valence-corrected chi connectivity index (χ2v) is 6.40. The van der Waals surface area contributed by atoms with E-state index in [1.54, 1.807) is 0 Å². The molecule has 1 unspecified atom stereocenters. The van der Waals surface area contributed by atoms with Crippen LogP contribution in [-0.2, 0) is 0 Å². The molecule has 0 radical (unpaired) electrons. The van der Waals surface area contributed by atoms with E-state index in [1.165, 1.54) is 0 Å². The van der Waals surface area contributed by atoms with E-state index in [0.29, 0.717) is 0 Å². The van der Waals surface area contributed by atoms with Gasteiger partial charge in [0.15, 0.2) is 0 Å². The lowest BCUT2D eigenvalue weighted by Crippen LogP contribution is -2.22. The van der Waals surface area contributed by atoms with E-state index in [9.17, 15) is 0 Å². The van der Waals surface area contributed by atoms with Gasteiger partial charge in [0.1, 0.15) is 0 Å². The quantitative estimate of drug-likeness (QED) is 0.718. The molecule has 1 nitrogen and oxygen atoms in total. The zero-order valence-corrected chi connectivity index (χ0v) is 14.5. The summed E-state index contributed by atoms with van der Waals surface area (Å²) in [5.41, 5.74) is 3.23. The van der Waals surface area contributed by atoms with Gasteiger partial charge in [0, 0.05) is 14.5 Å². The highest BCUT2D eigenvalue weighted by Gasteiger charge is 2.17. The molecule has 0 aliphatic rings. The molecule has 0 aliphatic carbocycles. The van der Waals surface area contributed by atoms with Crippen LogP contribution in [0.5, 0.6) is 0 Å². The van der Waals surface area contributed by atoms with E-state index in [4.69, 9.17) is 23.2 Å². The van der Waals surface area contributed by atoms with Crippen molar-refractivity contribution in [1.82, 2.24) is 5.32 Å². The standard InChI is InChI=1S/C16H16BrCl2N/c1-3-20-16(11-5-4-10(2)15(19)8-11)13-9-12(17)6-7-14(13)18/h4-9,16,20H,3H2,1-2H3. The Balaban J connectivity index is 2.49. The molecule has 0 heterocycles. The first-order chi connectivity index (χ1) is 9.52. The van der Waals surface area contributed by atoms with Gasteiger partial charge in [-0.2, -0.15) is 0 Å². The third-order valence-electron chi connectivity index (χ3n) is 3.21. The molecule has 0 bridgehead atoms. The molecule has 106 valence electrons. The number of aryl methyl sites for hydroxylation is 1. The smallest absolute Gasteiger partial charge is 0.0592 e. The van der Waals surface area contributed by atoms with Crippen molar-refractivity contribution in [3.05, 3.63) is 67.6 Å². The predicted octanol–water partition coefficient (Wildman–Crippen LogP) is 5.76. The summed E-state index contributed by atoms with van der Waals surface area (Å²) in [7, 11) is 0. The fraction of sp³-hybridized carbons (Fsp3) is 0.250. The van der Waals surface area contributed by atoms with Crippen LogP contribution in [-0.4, -0.2) is 6.54 Å². The summed E-state index contributed by atoms with van der Waals surface area (Å²) in [4.78, 5) is 0. The van der Waals surface area contributed by atoms with E-state index < -0.39 is 0 Å². The minimum atomic E-state index is 0.0306. The maximum absolute atomic E-state index is 6.35. The summed E-state index contributed by atoms with van der Waals surface area (Å²) in [6.07, 6.45) is 0. The van der Waals surface area contributed by atoms with Gasteiger partial charge < -0.3 is 5.32 Å². The lowest BCUT2D eigenvalue weighted by Gasteiger charge is -2.21. The molecule has 20 heavy (non-hydrogen) atoms. The molecule has 0 saturated heterocycles. The van der Waals surface area contributed by atoms with E-state index in [-0.39, 0.29) is 6.04 Å². The normalized spacial score (nSPS) is 12.4. The molecule has 0 aliphatic heterocycles. The lowest BCUT2D eigenvalue weighted by atomic mass is 9.97. The summed E-state index contributed by atoms with van der Waals surface area (Å²) in [6, 6.07) is 12.0. The number of hydrogen-bond donors (Lipinski definition) is 1. The van der Waals surface area contributed by atoms with Gasteiger partial charge in [-0.05, 0) is 54.4 Å². The van der Waals surface area contributed by atoms with Crippen molar-refractivity contribution in [2.75, 3.05) is 6.54 Å².